The number of aromatic nitrogens is 3. The number of nitrogens with one attached hydrogen (secondary N) is 2. The maximum Gasteiger partial charge on any atom is 0.490 e. The van der Waals surface area contributed by atoms with Gasteiger partial charge in [-0.2, -0.15) is 18.3 Å². The van der Waals surface area contributed by atoms with Gasteiger partial charge in [-0.25, -0.2) is 9.89 Å². The Morgan fingerprint density at radius 2 is 1.62 bits per heavy atom. The molecule has 1 aliphatic heterocycles. The highest BCUT2D eigenvalue weighted by Crippen LogP contribution is 2.15. The van der Waals surface area contributed by atoms with E-state index >= 15 is 0 Å². The molecule has 1 aromatic carbocycles. The number of benzene rings is 1. The second kappa shape index (κ2) is 12.8. The molecular formula is C25H25F3N6O5. The van der Waals surface area contributed by atoms with Crippen LogP contribution >= 0.6 is 0 Å². The Morgan fingerprint density at radius 1 is 1.03 bits per heavy atom. The number of hydrogen-bond donors (Lipinski definition) is 3. The molecule has 0 aliphatic carbocycles. The molecule has 14 heteroatoms. The Balaban J connectivity index is 0.000000532. The summed E-state index contributed by atoms with van der Waals surface area (Å²) in [7, 11) is 2.05. The Bertz CT molecular complexity index is 1360. The van der Waals surface area contributed by atoms with E-state index in [0.29, 0.717) is 11.3 Å². The smallest absolute Gasteiger partial charge is 0.475 e. The van der Waals surface area contributed by atoms with E-state index in [1.807, 2.05) is 24.1 Å². The third-order valence-corrected chi connectivity index (χ3v) is 5.71. The molecule has 0 atom stereocenters. The lowest BCUT2D eigenvalue weighted by Crippen LogP contribution is -2.47. The molecule has 3 heterocycles. The summed E-state index contributed by atoms with van der Waals surface area (Å²) in [4.78, 5) is 54.2. The van der Waals surface area contributed by atoms with Gasteiger partial charge in [0.05, 0.1) is 5.69 Å². The van der Waals surface area contributed by atoms with E-state index in [-0.39, 0.29) is 18.0 Å². The molecule has 206 valence electrons. The molecule has 2 amide bonds. The second-order valence-electron chi connectivity index (χ2n) is 8.51. The van der Waals surface area contributed by atoms with Gasteiger partial charge in [0.15, 0.2) is 0 Å². The predicted molar refractivity (Wildman–Crippen MR) is 133 cm³/mol. The van der Waals surface area contributed by atoms with Gasteiger partial charge in [0.1, 0.15) is 5.56 Å². The van der Waals surface area contributed by atoms with Crippen LogP contribution in [-0.2, 0) is 11.3 Å². The summed E-state index contributed by atoms with van der Waals surface area (Å²) in [6, 6.07) is 12.1. The first kappa shape index (κ1) is 29.0. The summed E-state index contributed by atoms with van der Waals surface area (Å²) < 4.78 is 31.7. The molecule has 1 aliphatic rings. The van der Waals surface area contributed by atoms with Crippen molar-refractivity contribution in [2.45, 2.75) is 12.7 Å². The number of carbonyl (C=O) groups is 3. The maximum atomic E-state index is 12.6. The van der Waals surface area contributed by atoms with Gasteiger partial charge in [-0.05, 0) is 42.9 Å². The normalized spacial score (nSPS) is 13.7. The van der Waals surface area contributed by atoms with Crippen molar-refractivity contribution >= 4 is 17.8 Å². The van der Waals surface area contributed by atoms with Crippen molar-refractivity contribution in [3.8, 4) is 11.3 Å². The van der Waals surface area contributed by atoms with E-state index in [9.17, 15) is 27.6 Å². The molecule has 3 aromatic rings. The maximum absolute atomic E-state index is 12.6. The van der Waals surface area contributed by atoms with Crippen LogP contribution in [0.15, 0.2) is 59.7 Å². The van der Waals surface area contributed by atoms with Crippen LogP contribution in [-0.4, -0.2) is 87.3 Å². The van der Waals surface area contributed by atoms with E-state index in [2.05, 4.69) is 25.4 Å². The number of carboxylic acids is 1. The van der Waals surface area contributed by atoms with Crippen molar-refractivity contribution in [1.29, 1.82) is 0 Å². The van der Waals surface area contributed by atoms with Crippen molar-refractivity contribution in [3.63, 3.8) is 0 Å². The first-order chi connectivity index (χ1) is 18.5. The molecular weight excluding hydrogens is 521 g/mol. The molecule has 11 nitrogen and oxygen atoms in total. The van der Waals surface area contributed by atoms with Crippen LogP contribution in [0.3, 0.4) is 0 Å². The number of pyridine rings is 1. The minimum absolute atomic E-state index is 0.0145. The number of carboxylic acid groups (broad SMARTS) is 1. The van der Waals surface area contributed by atoms with Crippen LogP contribution in [0, 0.1) is 0 Å². The minimum atomic E-state index is -5.08. The fraction of sp³-hybridized carbons (Fsp3) is 0.280. The third kappa shape index (κ3) is 8.20. The van der Waals surface area contributed by atoms with E-state index in [1.165, 1.54) is 6.07 Å². The average molecular weight is 547 g/mol. The molecule has 4 rings (SSSR count). The lowest BCUT2D eigenvalue weighted by molar-refractivity contribution is -0.192. The number of piperazine rings is 1. The third-order valence-electron chi connectivity index (χ3n) is 5.71. The Hall–Kier alpha value is -4.59. The fourth-order valence-corrected chi connectivity index (χ4v) is 3.48. The Morgan fingerprint density at radius 3 is 2.18 bits per heavy atom. The molecule has 2 aromatic heterocycles. The zero-order valence-corrected chi connectivity index (χ0v) is 20.7. The highest BCUT2D eigenvalue weighted by atomic mass is 19.4. The molecule has 0 bridgehead atoms. The summed E-state index contributed by atoms with van der Waals surface area (Å²) >= 11 is 0. The van der Waals surface area contributed by atoms with Crippen molar-refractivity contribution in [2.75, 3.05) is 33.2 Å². The lowest BCUT2D eigenvalue weighted by Gasteiger charge is -2.32. The summed E-state index contributed by atoms with van der Waals surface area (Å²) in [5, 5.41) is 16.2. The zero-order valence-electron chi connectivity index (χ0n) is 20.7. The topological polar surface area (TPSA) is 149 Å². The largest absolute Gasteiger partial charge is 0.490 e. The monoisotopic (exact) mass is 546 g/mol. The van der Waals surface area contributed by atoms with Crippen LogP contribution < -0.4 is 10.9 Å². The lowest BCUT2D eigenvalue weighted by atomic mass is 10.1. The summed E-state index contributed by atoms with van der Waals surface area (Å²) in [5.41, 5.74) is 2.09. The quantitative estimate of drug-likeness (QED) is 0.439. The van der Waals surface area contributed by atoms with Crippen molar-refractivity contribution < 1.29 is 32.7 Å². The van der Waals surface area contributed by atoms with Gasteiger partial charge in [0.2, 0.25) is 0 Å². The number of amides is 2. The van der Waals surface area contributed by atoms with Gasteiger partial charge in [-0.3, -0.25) is 19.4 Å². The van der Waals surface area contributed by atoms with Gasteiger partial charge in [0, 0.05) is 56.2 Å². The number of aromatic amines is 1. The number of halogens is 3. The van der Waals surface area contributed by atoms with Crippen molar-refractivity contribution in [2.24, 2.45) is 0 Å². The molecule has 0 radical (unpaired) electrons. The highest BCUT2D eigenvalue weighted by molar-refractivity contribution is 5.95. The number of H-pyrrole nitrogens is 1. The number of alkyl halides is 3. The fourth-order valence-electron chi connectivity index (χ4n) is 3.48. The number of likely N-dealkylation sites (N-methyl/N-ethyl adjacent to an activating group) is 1. The summed E-state index contributed by atoms with van der Waals surface area (Å²) in [5.74, 6) is -3.24. The second-order valence-corrected chi connectivity index (χ2v) is 8.51. The van der Waals surface area contributed by atoms with Crippen LogP contribution in [0.25, 0.3) is 11.3 Å². The molecule has 3 N–H and O–H groups in total. The number of rotatable bonds is 5. The molecule has 39 heavy (non-hydrogen) atoms. The number of carbonyl (C=O) groups excluding carboxylic acids is 2. The van der Waals surface area contributed by atoms with Gasteiger partial charge in [-0.1, -0.05) is 12.1 Å². The molecule has 0 unspecified atom stereocenters. The molecule has 1 fully saturated rings. The van der Waals surface area contributed by atoms with Crippen LogP contribution in [0.2, 0.25) is 0 Å². The molecule has 0 saturated carbocycles. The van der Waals surface area contributed by atoms with Crippen molar-refractivity contribution in [3.05, 3.63) is 81.9 Å². The SMILES string of the molecule is CN1CCN(C(=O)c2ccc(CNC(=O)c3cc(-c4ccncc4)n[nH]c3=O)cc2)CC1.O=C(O)C(F)(F)F. The number of aliphatic carboxylic acids is 1. The first-order valence-corrected chi connectivity index (χ1v) is 11.6. The van der Waals surface area contributed by atoms with E-state index < -0.39 is 23.6 Å². The molecule has 1 saturated heterocycles. The number of nitrogens with zero attached hydrogens (tertiary/aromatic N) is 4. The number of hydrogen-bond acceptors (Lipinski definition) is 7. The van der Waals surface area contributed by atoms with Crippen molar-refractivity contribution in [1.82, 2.24) is 30.3 Å². The standard InChI is InChI=1S/C23H24N6O3.C2HF3O2/c1-28-10-12-29(13-11-28)23(32)18-4-2-16(3-5-18)15-25-21(30)19-14-20(26-27-22(19)31)17-6-8-24-9-7-17;3-2(4,5)1(6)7/h2-9,14H,10-13,15H2,1H3,(H,25,30)(H,27,31);(H,6,7). The van der Waals surface area contributed by atoms with E-state index in [4.69, 9.17) is 9.90 Å². The Labute approximate surface area is 220 Å². The summed E-state index contributed by atoms with van der Waals surface area (Å²) in [6.45, 7) is 3.40. The minimum Gasteiger partial charge on any atom is -0.475 e. The van der Waals surface area contributed by atoms with Crippen LogP contribution in [0.4, 0.5) is 13.2 Å². The molecule has 0 spiro atoms. The average Bonchev–Trinajstić information content (AvgIpc) is 2.92. The predicted octanol–water partition coefficient (Wildman–Crippen LogP) is 1.78. The van der Waals surface area contributed by atoms with Gasteiger partial charge >= 0.3 is 12.1 Å². The zero-order chi connectivity index (χ0) is 28.6. The summed E-state index contributed by atoms with van der Waals surface area (Å²) in [6.07, 6.45) is -1.86. The Kier molecular flexibility index (Phi) is 9.49. The first-order valence-electron chi connectivity index (χ1n) is 11.6. The van der Waals surface area contributed by atoms with E-state index in [1.54, 1.807) is 36.7 Å². The van der Waals surface area contributed by atoms with Crippen LogP contribution in [0.1, 0.15) is 26.3 Å². The van der Waals surface area contributed by atoms with Crippen LogP contribution in [0.5, 0.6) is 0 Å². The van der Waals surface area contributed by atoms with E-state index in [0.717, 1.165) is 37.3 Å². The highest BCUT2D eigenvalue weighted by Gasteiger charge is 2.38. The van der Waals surface area contributed by atoms with Gasteiger partial charge in [0.25, 0.3) is 17.4 Å². The van der Waals surface area contributed by atoms with Gasteiger partial charge in [-0.15, -0.1) is 0 Å². The van der Waals surface area contributed by atoms with Gasteiger partial charge < -0.3 is 20.2 Å².